The highest BCUT2D eigenvalue weighted by Crippen LogP contribution is 2.11. The lowest BCUT2D eigenvalue weighted by atomic mass is 10.2. The maximum atomic E-state index is 11.7. The molecule has 1 aromatic carbocycles. The normalized spacial score (nSPS) is 10.3. The summed E-state index contributed by atoms with van der Waals surface area (Å²) in [7, 11) is 0. The molecule has 0 unspecified atom stereocenters. The summed E-state index contributed by atoms with van der Waals surface area (Å²) >= 11 is 0. The monoisotopic (exact) mass is 317 g/mol. The number of anilines is 1. The summed E-state index contributed by atoms with van der Waals surface area (Å²) in [6.45, 7) is 5.81. The highest BCUT2D eigenvalue weighted by Gasteiger charge is 2.14. The van der Waals surface area contributed by atoms with E-state index in [1.807, 2.05) is 24.3 Å². The van der Waals surface area contributed by atoms with Gasteiger partial charge in [0.05, 0.1) is 0 Å². The van der Waals surface area contributed by atoms with Gasteiger partial charge in [0.25, 0.3) is 5.91 Å². The molecule has 0 radical (unpaired) electrons. The average molecular weight is 317 g/mol. The van der Waals surface area contributed by atoms with Crippen molar-refractivity contribution < 1.29 is 14.2 Å². The van der Waals surface area contributed by atoms with E-state index in [1.54, 1.807) is 6.08 Å². The van der Waals surface area contributed by atoms with Crippen molar-refractivity contribution in [2.45, 2.75) is 6.54 Å². The molecule has 1 aromatic heterocycles. The van der Waals surface area contributed by atoms with Gasteiger partial charge in [0, 0.05) is 19.6 Å². The number of carbonyl (C=O) groups is 1. The highest BCUT2D eigenvalue weighted by atomic mass is 16.6. The van der Waals surface area contributed by atoms with Crippen LogP contribution in [-0.2, 0) is 6.54 Å². The number of aromatic nitrogens is 2. The molecule has 0 atom stereocenters. The molecule has 122 valence electrons. The predicted octanol–water partition coefficient (Wildman–Crippen LogP) is 0.736. The van der Waals surface area contributed by atoms with Crippen LogP contribution in [-0.4, -0.2) is 35.9 Å². The van der Waals surface area contributed by atoms with Crippen molar-refractivity contribution in [3.63, 3.8) is 0 Å². The maximum Gasteiger partial charge on any atom is 0.277 e. The first-order valence-electron chi connectivity index (χ1n) is 7.10. The molecule has 2 aromatic rings. The molecule has 2 rings (SSSR count). The van der Waals surface area contributed by atoms with E-state index in [2.05, 4.69) is 32.2 Å². The molecule has 0 aliphatic carbocycles. The van der Waals surface area contributed by atoms with Crippen LogP contribution < -0.4 is 21.1 Å². The Morgan fingerprint density at radius 2 is 2.09 bits per heavy atom. The van der Waals surface area contributed by atoms with Gasteiger partial charge in [-0.1, -0.05) is 24.8 Å². The Bertz CT molecular complexity index is 639. The van der Waals surface area contributed by atoms with Crippen LogP contribution in [0.15, 0.2) is 41.5 Å². The minimum Gasteiger partial charge on any atom is -0.490 e. The van der Waals surface area contributed by atoms with Gasteiger partial charge < -0.3 is 21.1 Å². The quantitative estimate of drug-likeness (QED) is 0.461. The summed E-state index contributed by atoms with van der Waals surface area (Å²) in [4.78, 5) is 11.7. The van der Waals surface area contributed by atoms with Gasteiger partial charge in [0.1, 0.15) is 12.4 Å². The fourth-order valence-electron chi connectivity index (χ4n) is 1.79. The van der Waals surface area contributed by atoms with Gasteiger partial charge in [-0.2, -0.15) is 0 Å². The van der Waals surface area contributed by atoms with Gasteiger partial charge in [-0.3, -0.25) is 4.79 Å². The van der Waals surface area contributed by atoms with Gasteiger partial charge in [-0.05, 0) is 28.0 Å². The molecule has 0 spiro atoms. The number of hydrogen-bond acceptors (Lipinski definition) is 7. The first kappa shape index (κ1) is 16.5. The third-order valence-electron chi connectivity index (χ3n) is 2.94. The number of nitrogen functional groups attached to an aromatic ring is 1. The molecule has 1 amide bonds. The first-order chi connectivity index (χ1) is 11.2. The molecule has 0 bridgehead atoms. The summed E-state index contributed by atoms with van der Waals surface area (Å²) in [6, 6.07) is 7.77. The number of amides is 1. The van der Waals surface area contributed by atoms with Gasteiger partial charge in [-0.15, -0.1) is 0 Å². The topological polar surface area (TPSA) is 115 Å². The standard InChI is InChI=1S/C15H19N5O3/c1-2-9-22-12-5-3-11(4-6-12)10-17-7-8-18-15(21)13-14(16)20-23-19-13/h2-6,17H,1,7-10H2,(H2,16,20)(H,18,21). The third-order valence-corrected chi connectivity index (χ3v) is 2.94. The van der Waals surface area contributed by atoms with Crippen LogP contribution in [0.1, 0.15) is 16.1 Å². The lowest BCUT2D eigenvalue weighted by Crippen LogP contribution is -2.32. The van der Waals surface area contributed by atoms with Crippen LogP contribution in [0.4, 0.5) is 5.82 Å². The second-order valence-corrected chi connectivity index (χ2v) is 4.67. The van der Waals surface area contributed by atoms with Crippen molar-refractivity contribution in [1.29, 1.82) is 0 Å². The van der Waals surface area contributed by atoms with Gasteiger partial charge >= 0.3 is 0 Å². The molecular weight excluding hydrogens is 298 g/mol. The minimum absolute atomic E-state index is 0.000105. The summed E-state index contributed by atoms with van der Waals surface area (Å²) in [5.41, 5.74) is 6.55. The Morgan fingerprint density at radius 3 is 2.74 bits per heavy atom. The molecule has 0 saturated carbocycles. The van der Waals surface area contributed by atoms with Crippen LogP contribution in [0.3, 0.4) is 0 Å². The van der Waals surface area contributed by atoms with Gasteiger partial charge in [0.15, 0.2) is 0 Å². The molecule has 0 aliphatic rings. The Kier molecular flexibility index (Phi) is 6.13. The summed E-state index contributed by atoms with van der Waals surface area (Å²) in [6.07, 6.45) is 1.70. The first-order valence-corrected chi connectivity index (χ1v) is 7.10. The van der Waals surface area contributed by atoms with Crippen molar-refractivity contribution >= 4 is 11.7 Å². The van der Waals surface area contributed by atoms with E-state index < -0.39 is 5.91 Å². The Balaban J connectivity index is 1.64. The van der Waals surface area contributed by atoms with E-state index in [0.29, 0.717) is 26.2 Å². The Morgan fingerprint density at radius 1 is 1.30 bits per heavy atom. The summed E-state index contributed by atoms with van der Waals surface area (Å²) in [5, 5.41) is 12.7. The molecule has 23 heavy (non-hydrogen) atoms. The third kappa shape index (κ3) is 5.11. The lowest BCUT2D eigenvalue weighted by Gasteiger charge is -2.07. The van der Waals surface area contributed by atoms with E-state index in [9.17, 15) is 4.79 Å². The highest BCUT2D eigenvalue weighted by molar-refractivity contribution is 5.95. The number of hydrogen-bond donors (Lipinski definition) is 3. The number of nitrogens with two attached hydrogens (primary N) is 1. The number of ether oxygens (including phenoxy) is 1. The van der Waals surface area contributed by atoms with Crippen molar-refractivity contribution in [1.82, 2.24) is 20.9 Å². The SMILES string of the molecule is C=CCOc1ccc(CNCCNC(=O)c2nonc2N)cc1. The molecular formula is C15H19N5O3. The van der Waals surface area contributed by atoms with Crippen molar-refractivity contribution in [3.8, 4) is 5.75 Å². The van der Waals surface area contributed by atoms with Crippen LogP contribution >= 0.6 is 0 Å². The van der Waals surface area contributed by atoms with Gasteiger partial charge in [-0.25, -0.2) is 4.63 Å². The van der Waals surface area contributed by atoms with E-state index in [0.717, 1.165) is 11.3 Å². The largest absolute Gasteiger partial charge is 0.490 e. The second kappa shape index (κ2) is 8.54. The zero-order chi connectivity index (χ0) is 16.5. The smallest absolute Gasteiger partial charge is 0.277 e. The number of nitrogens with one attached hydrogen (secondary N) is 2. The van der Waals surface area contributed by atoms with E-state index in [1.165, 1.54) is 0 Å². The molecule has 4 N–H and O–H groups in total. The molecule has 1 heterocycles. The Hall–Kier alpha value is -2.87. The van der Waals surface area contributed by atoms with E-state index >= 15 is 0 Å². The number of carbonyl (C=O) groups excluding carboxylic acids is 1. The zero-order valence-corrected chi connectivity index (χ0v) is 12.6. The summed E-state index contributed by atoms with van der Waals surface area (Å²) < 4.78 is 9.78. The molecule has 0 saturated heterocycles. The van der Waals surface area contributed by atoms with E-state index in [-0.39, 0.29) is 11.5 Å². The zero-order valence-electron chi connectivity index (χ0n) is 12.6. The molecule has 0 aliphatic heterocycles. The van der Waals surface area contributed by atoms with Crippen LogP contribution in [0.5, 0.6) is 5.75 Å². The fourth-order valence-corrected chi connectivity index (χ4v) is 1.79. The van der Waals surface area contributed by atoms with Crippen LogP contribution in [0, 0.1) is 0 Å². The summed E-state index contributed by atoms with van der Waals surface area (Å²) in [5.74, 6) is 0.378. The van der Waals surface area contributed by atoms with Crippen molar-refractivity contribution in [2.24, 2.45) is 0 Å². The van der Waals surface area contributed by atoms with Crippen molar-refractivity contribution in [3.05, 3.63) is 48.2 Å². The number of rotatable bonds is 9. The maximum absolute atomic E-state index is 11.7. The van der Waals surface area contributed by atoms with Gasteiger partial charge in [0.2, 0.25) is 11.5 Å². The molecule has 8 heteroatoms. The minimum atomic E-state index is -0.408. The lowest BCUT2D eigenvalue weighted by molar-refractivity contribution is 0.0944. The van der Waals surface area contributed by atoms with Crippen LogP contribution in [0.2, 0.25) is 0 Å². The second-order valence-electron chi connectivity index (χ2n) is 4.67. The number of nitrogens with zero attached hydrogens (tertiary/aromatic N) is 2. The fraction of sp³-hybridized carbons (Fsp3) is 0.267. The predicted molar refractivity (Wildman–Crippen MR) is 84.9 cm³/mol. The van der Waals surface area contributed by atoms with Crippen LogP contribution in [0.25, 0.3) is 0 Å². The Labute approximate surface area is 133 Å². The van der Waals surface area contributed by atoms with Crippen molar-refractivity contribution in [2.75, 3.05) is 25.4 Å². The number of benzene rings is 1. The molecule has 8 nitrogen and oxygen atoms in total. The van der Waals surface area contributed by atoms with E-state index in [4.69, 9.17) is 10.5 Å². The average Bonchev–Trinajstić information content (AvgIpc) is 2.99. The molecule has 0 fully saturated rings.